The molecule has 2 aromatic heterocycles. The topological polar surface area (TPSA) is 83.3 Å². The zero-order valence-corrected chi connectivity index (χ0v) is 16.6. The van der Waals surface area contributed by atoms with Crippen molar-refractivity contribution in [3.8, 4) is 28.9 Å². The van der Waals surface area contributed by atoms with E-state index in [2.05, 4.69) is 20.3 Å². The van der Waals surface area contributed by atoms with E-state index in [0.29, 0.717) is 33.8 Å². The molecule has 0 unspecified atom stereocenters. The maximum Gasteiger partial charge on any atom is 0.325 e. The van der Waals surface area contributed by atoms with E-state index in [4.69, 9.17) is 25.8 Å². The van der Waals surface area contributed by atoms with Crippen LogP contribution in [0.2, 0.25) is 5.15 Å². The Morgan fingerprint density at radius 3 is 2.70 bits per heavy atom. The van der Waals surface area contributed by atoms with Gasteiger partial charge in [-0.1, -0.05) is 11.6 Å². The number of fused-ring (bicyclic) bond motifs is 1. The summed E-state index contributed by atoms with van der Waals surface area (Å²) in [5.74, 6) is 2.51. The van der Waals surface area contributed by atoms with E-state index in [0.717, 1.165) is 11.4 Å². The minimum Gasteiger partial charge on any atom is -0.454 e. The van der Waals surface area contributed by atoms with E-state index in [-0.39, 0.29) is 12.8 Å². The largest absolute Gasteiger partial charge is 0.454 e. The molecule has 2 aromatic carbocycles. The molecule has 5 rings (SSSR count). The minimum atomic E-state index is 0.143. The monoisotopic (exact) mass is 421 g/mol. The van der Waals surface area contributed by atoms with Gasteiger partial charge in [0.1, 0.15) is 16.7 Å². The molecule has 1 aliphatic heterocycles. The summed E-state index contributed by atoms with van der Waals surface area (Å²) in [6.45, 7) is 2.05. The fourth-order valence-corrected chi connectivity index (χ4v) is 3.11. The highest BCUT2D eigenvalue weighted by Crippen LogP contribution is 2.36. The van der Waals surface area contributed by atoms with E-state index in [1.807, 2.05) is 60.2 Å². The van der Waals surface area contributed by atoms with Gasteiger partial charge in [-0.15, -0.1) is 0 Å². The molecule has 0 fully saturated rings. The second-order valence-corrected chi connectivity index (χ2v) is 6.89. The summed E-state index contributed by atoms with van der Waals surface area (Å²) in [6, 6.07) is 13.2. The number of hydrogen-bond donors (Lipinski definition) is 1. The van der Waals surface area contributed by atoms with Crippen LogP contribution in [-0.2, 0) is 0 Å². The van der Waals surface area contributed by atoms with Crippen molar-refractivity contribution in [3.63, 3.8) is 0 Å². The van der Waals surface area contributed by atoms with Crippen LogP contribution in [0.1, 0.15) is 5.56 Å². The molecule has 0 spiro atoms. The quantitative estimate of drug-likeness (QED) is 0.459. The van der Waals surface area contributed by atoms with E-state index in [9.17, 15) is 0 Å². The number of halogens is 1. The lowest BCUT2D eigenvalue weighted by Gasteiger charge is -2.12. The van der Waals surface area contributed by atoms with Crippen LogP contribution < -0.4 is 19.5 Å². The highest BCUT2D eigenvalue weighted by molar-refractivity contribution is 6.30. The standard InChI is InChI=1S/C21H16ClN5O3/c1-13-19(22)25-21(30-16-5-3-15(4-6-16)27-9-8-23-11-27)26-20(13)24-14-2-7-17-18(10-14)29-12-28-17/h2-11H,12H2,1H3,(H,24,25,26). The first kappa shape index (κ1) is 18.3. The van der Waals surface area contributed by atoms with Crippen LogP contribution in [0.5, 0.6) is 23.3 Å². The van der Waals surface area contributed by atoms with E-state index in [1.54, 1.807) is 12.5 Å². The number of hydrogen-bond acceptors (Lipinski definition) is 7. The predicted molar refractivity (Wildman–Crippen MR) is 111 cm³/mol. The Balaban J connectivity index is 1.38. The summed E-state index contributed by atoms with van der Waals surface area (Å²) in [6.07, 6.45) is 5.32. The summed E-state index contributed by atoms with van der Waals surface area (Å²) in [5, 5.41) is 3.54. The number of aromatic nitrogens is 4. The number of ether oxygens (including phenoxy) is 3. The van der Waals surface area contributed by atoms with Crippen LogP contribution in [-0.4, -0.2) is 26.3 Å². The molecule has 0 bridgehead atoms. The maximum absolute atomic E-state index is 6.31. The zero-order valence-electron chi connectivity index (χ0n) is 15.9. The lowest BCUT2D eigenvalue weighted by Crippen LogP contribution is -2.02. The number of imidazole rings is 1. The Morgan fingerprint density at radius 2 is 1.90 bits per heavy atom. The van der Waals surface area contributed by atoms with Crippen molar-refractivity contribution in [2.45, 2.75) is 6.92 Å². The van der Waals surface area contributed by atoms with Gasteiger partial charge < -0.3 is 24.1 Å². The average Bonchev–Trinajstić information content (AvgIpc) is 3.44. The van der Waals surface area contributed by atoms with Gasteiger partial charge in [0, 0.05) is 35.4 Å². The molecule has 0 aliphatic carbocycles. The Morgan fingerprint density at radius 1 is 1.07 bits per heavy atom. The van der Waals surface area contributed by atoms with Crippen LogP contribution in [0.4, 0.5) is 11.5 Å². The highest BCUT2D eigenvalue weighted by Gasteiger charge is 2.16. The number of rotatable bonds is 5. The fourth-order valence-electron chi connectivity index (χ4n) is 2.95. The number of nitrogens with one attached hydrogen (secondary N) is 1. The van der Waals surface area contributed by atoms with Crippen molar-refractivity contribution >= 4 is 23.1 Å². The molecule has 0 radical (unpaired) electrons. The first-order valence-electron chi connectivity index (χ1n) is 9.13. The summed E-state index contributed by atoms with van der Waals surface area (Å²) >= 11 is 6.31. The molecule has 0 amide bonds. The van der Waals surface area contributed by atoms with Gasteiger partial charge in [0.15, 0.2) is 11.5 Å². The van der Waals surface area contributed by atoms with Crippen molar-refractivity contribution in [2.75, 3.05) is 12.1 Å². The van der Waals surface area contributed by atoms with Gasteiger partial charge in [0.05, 0.1) is 6.33 Å². The number of anilines is 2. The first-order valence-corrected chi connectivity index (χ1v) is 9.50. The van der Waals surface area contributed by atoms with E-state index < -0.39 is 0 Å². The molecule has 0 saturated heterocycles. The smallest absolute Gasteiger partial charge is 0.325 e. The van der Waals surface area contributed by atoms with E-state index >= 15 is 0 Å². The number of nitrogens with zero attached hydrogens (tertiary/aromatic N) is 4. The molecule has 1 aliphatic rings. The lowest BCUT2D eigenvalue weighted by molar-refractivity contribution is 0.174. The first-order chi connectivity index (χ1) is 14.7. The lowest BCUT2D eigenvalue weighted by atomic mass is 10.2. The van der Waals surface area contributed by atoms with Gasteiger partial charge in [-0.05, 0) is 43.3 Å². The van der Waals surface area contributed by atoms with Crippen molar-refractivity contribution < 1.29 is 14.2 Å². The Bertz CT molecular complexity index is 1200. The third-order valence-electron chi connectivity index (χ3n) is 4.55. The highest BCUT2D eigenvalue weighted by atomic mass is 35.5. The molecular weight excluding hydrogens is 406 g/mol. The molecule has 4 aromatic rings. The molecular formula is C21H16ClN5O3. The van der Waals surface area contributed by atoms with Gasteiger partial charge >= 0.3 is 6.01 Å². The van der Waals surface area contributed by atoms with Crippen LogP contribution in [0.15, 0.2) is 61.2 Å². The second kappa shape index (κ2) is 7.57. The molecule has 0 atom stereocenters. The van der Waals surface area contributed by atoms with Gasteiger partial charge in [-0.3, -0.25) is 0 Å². The summed E-state index contributed by atoms with van der Waals surface area (Å²) in [5.41, 5.74) is 2.46. The normalized spacial score (nSPS) is 12.1. The van der Waals surface area contributed by atoms with Gasteiger partial charge in [-0.25, -0.2) is 4.98 Å². The van der Waals surface area contributed by atoms with Crippen molar-refractivity contribution in [1.82, 2.24) is 19.5 Å². The van der Waals surface area contributed by atoms with Gasteiger partial charge in [-0.2, -0.15) is 9.97 Å². The Labute approximate surface area is 177 Å². The second-order valence-electron chi connectivity index (χ2n) is 6.53. The van der Waals surface area contributed by atoms with Gasteiger partial charge in [0.2, 0.25) is 6.79 Å². The maximum atomic E-state index is 6.31. The fraction of sp³-hybridized carbons (Fsp3) is 0.0952. The van der Waals surface area contributed by atoms with Crippen molar-refractivity contribution in [3.05, 3.63) is 71.9 Å². The average molecular weight is 422 g/mol. The molecule has 9 heteroatoms. The van der Waals surface area contributed by atoms with E-state index in [1.165, 1.54) is 0 Å². The summed E-state index contributed by atoms with van der Waals surface area (Å²) in [4.78, 5) is 12.8. The molecule has 0 saturated carbocycles. The van der Waals surface area contributed by atoms with Crippen molar-refractivity contribution in [1.29, 1.82) is 0 Å². The minimum absolute atomic E-state index is 0.143. The summed E-state index contributed by atoms with van der Waals surface area (Å²) < 4.78 is 18.5. The SMILES string of the molecule is Cc1c(Cl)nc(Oc2ccc(-n3ccnc3)cc2)nc1Nc1ccc2c(c1)OCO2. The van der Waals surface area contributed by atoms with Crippen molar-refractivity contribution in [2.24, 2.45) is 0 Å². The Hall–Kier alpha value is -3.78. The third-order valence-corrected chi connectivity index (χ3v) is 4.92. The molecule has 150 valence electrons. The predicted octanol–water partition coefficient (Wildman–Crippen LogP) is 4.89. The molecule has 8 nitrogen and oxygen atoms in total. The van der Waals surface area contributed by atoms with Crippen LogP contribution in [0.3, 0.4) is 0 Å². The zero-order chi connectivity index (χ0) is 20.5. The summed E-state index contributed by atoms with van der Waals surface area (Å²) in [7, 11) is 0. The molecule has 1 N–H and O–H groups in total. The van der Waals surface area contributed by atoms with Gasteiger partial charge in [0.25, 0.3) is 0 Å². The Kier molecular flexibility index (Phi) is 4.61. The number of benzene rings is 2. The molecule has 3 heterocycles. The van der Waals surface area contributed by atoms with Crippen LogP contribution >= 0.6 is 11.6 Å². The van der Waals surface area contributed by atoms with Crippen LogP contribution in [0, 0.1) is 6.92 Å². The van der Waals surface area contributed by atoms with Crippen LogP contribution in [0.25, 0.3) is 5.69 Å². The third kappa shape index (κ3) is 3.60. The molecule has 30 heavy (non-hydrogen) atoms.